The topological polar surface area (TPSA) is 46.9 Å². The first-order valence-electron chi connectivity index (χ1n) is 8.46. The van der Waals surface area contributed by atoms with E-state index in [1.165, 1.54) is 32.1 Å². The van der Waals surface area contributed by atoms with Gasteiger partial charge in [-0.2, -0.15) is 0 Å². The molecule has 1 aromatic rings. The molecule has 1 heterocycles. The SMILES string of the molecule is CCCCC1CCC(C(=O)NCCn2ccnc2C)CC1. The Bertz CT molecular complexity index is 433. The van der Waals surface area contributed by atoms with Gasteiger partial charge in [-0.25, -0.2) is 4.98 Å². The number of amides is 1. The Hall–Kier alpha value is -1.32. The average molecular weight is 291 g/mol. The third-order valence-corrected chi connectivity index (χ3v) is 4.76. The highest BCUT2D eigenvalue weighted by molar-refractivity contribution is 5.78. The van der Waals surface area contributed by atoms with Crippen LogP contribution in [0.1, 0.15) is 57.7 Å². The van der Waals surface area contributed by atoms with E-state index in [9.17, 15) is 4.79 Å². The molecule has 0 unspecified atom stereocenters. The monoisotopic (exact) mass is 291 g/mol. The third-order valence-electron chi connectivity index (χ3n) is 4.76. The maximum Gasteiger partial charge on any atom is 0.223 e. The van der Waals surface area contributed by atoms with E-state index in [4.69, 9.17) is 0 Å². The number of aryl methyl sites for hydroxylation is 1. The lowest BCUT2D eigenvalue weighted by Crippen LogP contribution is -2.35. The van der Waals surface area contributed by atoms with Gasteiger partial charge in [0.1, 0.15) is 5.82 Å². The van der Waals surface area contributed by atoms with Crippen LogP contribution in [0.4, 0.5) is 0 Å². The largest absolute Gasteiger partial charge is 0.354 e. The second-order valence-electron chi connectivity index (χ2n) is 6.32. The maximum atomic E-state index is 12.2. The Morgan fingerprint density at radius 2 is 2.14 bits per heavy atom. The molecule has 21 heavy (non-hydrogen) atoms. The molecule has 0 atom stereocenters. The summed E-state index contributed by atoms with van der Waals surface area (Å²) in [6.07, 6.45) is 12.4. The molecule has 4 nitrogen and oxygen atoms in total. The number of carbonyl (C=O) groups is 1. The van der Waals surface area contributed by atoms with E-state index in [1.807, 2.05) is 13.1 Å². The Morgan fingerprint density at radius 1 is 1.38 bits per heavy atom. The van der Waals surface area contributed by atoms with Crippen LogP contribution in [0.3, 0.4) is 0 Å². The van der Waals surface area contributed by atoms with E-state index >= 15 is 0 Å². The van der Waals surface area contributed by atoms with Crippen molar-refractivity contribution < 1.29 is 4.79 Å². The van der Waals surface area contributed by atoms with Gasteiger partial charge in [0.05, 0.1) is 0 Å². The highest BCUT2D eigenvalue weighted by Crippen LogP contribution is 2.31. The summed E-state index contributed by atoms with van der Waals surface area (Å²) in [4.78, 5) is 16.4. The molecule has 0 bridgehead atoms. The Balaban J connectivity index is 1.64. The van der Waals surface area contributed by atoms with Gasteiger partial charge in [0.25, 0.3) is 0 Å². The Morgan fingerprint density at radius 3 is 2.76 bits per heavy atom. The molecule has 0 aromatic carbocycles. The van der Waals surface area contributed by atoms with Crippen molar-refractivity contribution in [3.05, 3.63) is 18.2 Å². The van der Waals surface area contributed by atoms with Crippen LogP contribution in [-0.4, -0.2) is 22.0 Å². The second-order valence-corrected chi connectivity index (χ2v) is 6.32. The predicted molar refractivity (Wildman–Crippen MR) is 84.9 cm³/mol. The molecule has 1 fully saturated rings. The number of unbranched alkanes of at least 4 members (excludes halogenated alkanes) is 1. The number of hydrogen-bond acceptors (Lipinski definition) is 2. The van der Waals surface area contributed by atoms with Crippen LogP contribution in [-0.2, 0) is 11.3 Å². The van der Waals surface area contributed by atoms with Gasteiger partial charge in [0.2, 0.25) is 5.91 Å². The molecule has 1 saturated carbocycles. The van der Waals surface area contributed by atoms with Crippen LogP contribution in [0, 0.1) is 18.8 Å². The molecule has 0 saturated heterocycles. The molecule has 2 rings (SSSR count). The fraction of sp³-hybridized carbons (Fsp3) is 0.765. The highest BCUT2D eigenvalue weighted by Gasteiger charge is 2.25. The minimum atomic E-state index is 0.242. The van der Waals surface area contributed by atoms with Gasteiger partial charge in [-0.3, -0.25) is 4.79 Å². The van der Waals surface area contributed by atoms with Crippen molar-refractivity contribution in [2.75, 3.05) is 6.54 Å². The molecule has 1 N–H and O–H groups in total. The lowest BCUT2D eigenvalue weighted by Gasteiger charge is -2.27. The van der Waals surface area contributed by atoms with Crippen molar-refractivity contribution in [1.29, 1.82) is 0 Å². The van der Waals surface area contributed by atoms with Gasteiger partial charge in [-0.1, -0.05) is 26.2 Å². The number of rotatable bonds is 7. The minimum absolute atomic E-state index is 0.242. The maximum absolute atomic E-state index is 12.2. The first kappa shape index (κ1) is 16.1. The normalized spacial score (nSPS) is 22.2. The zero-order valence-corrected chi connectivity index (χ0v) is 13.5. The van der Waals surface area contributed by atoms with Gasteiger partial charge in [0.15, 0.2) is 0 Å². The van der Waals surface area contributed by atoms with Gasteiger partial charge in [-0.15, -0.1) is 0 Å². The van der Waals surface area contributed by atoms with E-state index in [1.54, 1.807) is 6.20 Å². The molecule has 0 radical (unpaired) electrons. The van der Waals surface area contributed by atoms with Crippen LogP contribution >= 0.6 is 0 Å². The number of nitrogens with one attached hydrogen (secondary N) is 1. The molecule has 0 spiro atoms. The smallest absolute Gasteiger partial charge is 0.223 e. The van der Waals surface area contributed by atoms with Crippen molar-refractivity contribution in [1.82, 2.24) is 14.9 Å². The van der Waals surface area contributed by atoms with Gasteiger partial charge >= 0.3 is 0 Å². The minimum Gasteiger partial charge on any atom is -0.354 e. The van der Waals surface area contributed by atoms with Crippen molar-refractivity contribution in [2.24, 2.45) is 11.8 Å². The fourth-order valence-electron chi connectivity index (χ4n) is 3.29. The first-order chi connectivity index (χ1) is 10.2. The summed E-state index contributed by atoms with van der Waals surface area (Å²) in [5.74, 6) is 2.36. The van der Waals surface area contributed by atoms with E-state index < -0.39 is 0 Å². The van der Waals surface area contributed by atoms with E-state index in [-0.39, 0.29) is 11.8 Å². The van der Waals surface area contributed by atoms with Crippen LogP contribution in [0.25, 0.3) is 0 Å². The van der Waals surface area contributed by atoms with Crippen molar-refractivity contribution >= 4 is 5.91 Å². The lowest BCUT2D eigenvalue weighted by atomic mass is 9.79. The third kappa shape index (κ3) is 4.87. The van der Waals surface area contributed by atoms with Crippen LogP contribution in [0.15, 0.2) is 12.4 Å². The molecular formula is C17H29N3O. The molecular weight excluding hydrogens is 262 g/mol. The number of hydrogen-bond donors (Lipinski definition) is 1. The second kappa shape index (κ2) is 8.20. The lowest BCUT2D eigenvalue weighted by molar-refractivity contribution is -0.126. The standard InChI is InChI=1S/C17H29N3O/c1-3-4-5-15-6-8-16(9-7-15)17(21)19-11-13-20-12-10-18-14(20)2/h10,12,15-16H,3-9,11,13H2,1-2H3,(H,19,21). The summed E-state index contributed by atoms with van der Waals surface area (Å²) in [5.41, 5.74) is 0. The summed E-state index contributed by atoms with van der Waals surface area (Å²) in [7, 11) is 0. The van der Waals surface area contributed by atoms with Gasteiger partial charge < -0.3 is 9.88 Å². The Labute approximate surface area is 128 Å². The highest BCUT2D eigenvalue weighted by atomic mass is 16.1. The van der Waals surface area contributed by atoms with Crippen LogP contribution < -0.4 is 5.32 Å². The molecule has 118 valence electrons. The fourth-order valence-corrected chi connectivity index (χ4v) is 3.29. The zero-order chi connectivity index (χ0) is 15.1. The van der Waals surface area contributed by atoms with Crippen molar-refractivity contribution in [2.45, 2.75) is 65.3 Å². The van der Waals surface area contributed by atoms with E-state index in [0.29, 0.717) is 6.54 Å². The summed E-state index contributed by atoms with van der Waals surface area (Å²) in [5, 5.41) is 3.09. The molecule has 1 amide bonds. The quantitative estimate of drug-likeness (QED) is 0.838. The number of imidazole rings is 1. The molecule has 1 aromatic heterocycles. The zero-order valence-electron chi connectivity index (χ0n) is 13.5. The number of aromatic nitrogens is 2. The summed E-state index contributed by atoms with van der Waals surface area (Å²) < 4.78 is 2.07. The van der Waals surface area contributed by atoms with Gasteiger partial charge in [-0.05, 0) is 38.5 Å². The average Bonchev–Trinajstić information content (AvgIpc) is 2.91. The molecule has 1 aliphatic rings. The summed E-state index contributed by atoms with van der Waals surface area (Å²) >= 11 is 0. The van der Waals surface area contributed by atoms with Crippen LogP contribution in [0.5, 0.6) is 0 Å². The summed E-state index contributed by atoms with van der Waals surface area (Å²) in [6.45, 7) is 5.75. The molecule has 4 heteroatoms. The van der Waals surface area contributed by atoms with Gasteiger partial charge in [0, 0.05) is 31.4 Å². The number of carbonyl (C=O) groups excluding carboxylic acids is 1. The van der Waals surface area contributed by atoms with Crippen LogP contribution in [0.2, 0.25) is 0 Å². The van der Waals surface area contributed by atoms with Crippen molar-refractivity contribution in [3.63, 3.8) is 0 Å². The van der Waals surface area contributed by atoms with E-state index in [2.05, 4.69) is 21.8 Å². The summed E-state index contributed by atoms with van der Waals surface area (Å²) in [6, 6.07) is 0. The predicted octanol–water partition coefficient (Wildman–Crippen LogP) is 3.30. The Kier molecular flexibility index (Phi) is 6.27. The van der Waals surface area contributed by atoms with E-state index in [0.717, 1.165) is 31.1 Å². The first-order valence-corrected chi connectivity index (χ1v) is 8.46. The molecule has 1 aliphatic carbocycles. The molecule has 0 aliphatic heterocycles. The van der Waals surface area contributed by atoms with Crippen molar-refractivity contribution in [3.8, 4) is 0 Å². The number of nitrogens with zero attached hydrogens (tertiary/aromatic N) is 2.